The number of carbonyl (C=O) groups excluding carboxylic acids is 6. The molecular weight excluding hydrogens is 1370 g/mol. The Labute approximate surface area is 610 Å². The van der Waals surface area contributed by atoms with E-state index in [-0.39, 0.29) is 38.4 Å². The zero-order valence-electron chi connectivity index (χ0n) is 58.3. The van der Waals surface area contributed by atoms with Crippen molar-refractivity contribution in [3.8, 4) is 17.2 Å². The molecule has 0 atom stereocenters. The third kappa shape index (κ3) is 21.4. The van der Waals surface area contributed by atoms with E-state index in [0.29, 0.717) is 61.7 Å². The lowest BCUT2D eigenvalue weighted by atomic mass is 10.1. The molecule has 3 aromatic heterocycles. The number of rotatable bonds is 17. The molecule has 0 fully saturated rings. The largest absolute Gasteiger partial charge is 0.496 e. The minimum atomic E-state index is -0.668. The van der Waals surface area contributed by atoms with E-state index in [2.05, 4.69) is 57.1 Å². The Kier molecular flexibility index (Phi) is 28.5. The second-order valence-electron chi connectivity index (χ2n) is 22.2. The van der Waals surface area contributed by atoms with Crippen molar-refractivity contribution in [2.75, 3.05) is 50.7 Å². The average molecular weight is 1440 g/mol. The normalized spacial score (nSPS) is 10.2. The number of anilines is 5. The molecule has 9 aromatic carbocycles. The first-order valence-electron chi connectivity index (χ1n) is 31.8. The highest BCUT2D eigenvalue weighted by Gasteiger charge is 2.26. The molecular formula is C77H76ClN13O14. The molecule has 0 aliphatic heterocycles. The summed E-state index contributed by atoms with van der Waals surface area (Å²) in [4.78, 5) is 102. The van der Waals surface area contributed by atoms with Gasteiger partial charge in [0.25, 0.3) is 5.91 Å². The average Bonchev–Trinajstić information content (AvgIpc) is 0.797. The monoisotopic (exact) mass is 1440 g/mol. The Morgan fingerprint density at radius 3 is 1.14 bits per heavy atom. The van der Waals surface area contributed by atoms with Gasteiger partial charge in [-0.1, -0.05) is 91.0 Å². The van der Waals surface area contributed by atoms with Crippen molar-refractivity contribution in [1.29, 1.82) is 0 Å². The van der Waals surface area contributed by atoms with E-state index in [9.17, 15) is 28.8 Å². The van der Waals surface area contributed by atoms with Crippen LogP contribution in [-0.2, 0) is 43.5 Å². The quantitative estimate of drug-likeness (QED) is 0.0141. The summed E-state index contributed by atoms with van der Waals surface area (Å²) in [7, 11) is 7.41. The first-order chi connectivity index (χ1) is 50.9. The van der Waals surface area contributed by atoms with Crippen LogP contribution < -0.4 is 52.3 Å². The number of hydrazine groups is 2. The Hall–Kier alpha value is -13.2. The van der Waals surface area contributed by atoms with E-state index in [1.807, 2.05) is 148 Å². The molecule has 3 heterocycles. The molecule has 0 saturated carbocycles. The summed E-state index contributed by atoms with van der Waals surface area (Å²) < 4.78 is 41.7. The predicted molar refractivity (Wildman–Crippen MR) is 399 cm³/mol. The number of hydrogen-bond donors (Lipinski definition) is 5. The highest BCUT2D eigenvalue weighted by molar-refractivity contribution is 6.28. The van der Waals surface area contributed by atoms with Crippen molar-refractivity contribution >= 4 is 109 Å². The van der Waals surface area contributed by atoms with Crippen molar-refractivity contribution in [3.63, 3.8) is 0 Å². The van der Waals surface area contributed by atoms with E-state index in [1.54, 1.807) is 113 Å². The fourth-order valence-electron chi connectivity index (χ4n) is 9.96. The van der Waals surface area contributed by atoms with E-state index in [0.717, 1.165) is 55.4 Å². The van der Waals surface area contributed by atoms with Crippen LogP contribution >= 0.6 is 11.6 Å². The summed E-state index contributed by atoms with van der Waals surface area (Å²) in [5, 5.41) is 5.15. The maximum atomic E-state index is 13.2. The number of carbonyl (C=O) groups is 6. The fourth-order valence-corrected chi connectivity index (χ4v) is 10.1. The van der Waals surface area contributed by atoms with Gasteiger partial charge in [0.1, 0.15) is 37.1 Å². The molecule has 28 heteroatoms. The van der Waals surface area contributed by atoms with Gasteiger partial charge >= 0.3 is 30.2 Å². The smallest absolute Gasteiger partial charge is 0.421 e. The number of benzene rings is 9. The molecule has 0 aliphatic rings. The number of nitrogens with two attached hydrogens (primary N) is 3. The number of fused-ring (bicyclic) bond motifs is 3. The third-order valence-electron chi connectivity index (χ3n) is 15.0. The molecule has 0 unspecified atom stereocenters. The lowest BCUT2D eigenvalue weighted by molar-refractivity contribution is 0.0592. The van der Waals surface area contributed by atoms with Crippen LogP contribution in [0.25, 0.3) is 32.7 Å². The number of amides is 4. The zero-order chi connectivity index (χ0) is 75.4. The summed E-state index contributed by atoms with van der Waals surface area (Å²) in [6, 6.07) is 58.5. The van der Waals surface area contributed by atoms with Crippen LogP contribution in [-0.4, -0.2) is 102 Å². The first kappa shape index (κ1) is 77.5. The number of nitrogen functional groups attached to an aromatic ring is 1. The highest BCUT2D eigenvalue weighted by atomic mass is 35.5. The number of aromatic nitrogens is 6. The second kappa shape index (κ2) is 38.6. The van der Waals surface area contributed by atoms with E-state index < -0.39 is 36.1 Å². The van der Waals surface area contributed by atoms with Crippen molar-refractivity contribution in [2.24, 2.45) is 17.5 Å². The van der Waals surface area contributed by atoms with Crippen molar-refractivity contribution in [3.05, 3.63) is 274 Å². The summed E-state index contributed by atoms with van der Waals surface area (Å²) in [5.74, 6) is 14.2. The van der Waals surface area contributed by atoms with Gasteiger partial charge in [0.2, 0.25) is 17.2 Å². The van der Waals surface area contributed by atoms with Gasteiger partial charge in [-0.2, -0.15) is 0 Å². The zero-order valence-corrected chi connectivity index (χ0v) is 59.1. The molecule has 0 spiro atoms. The van der Waals surface area contributed by atoms with Gasteiger partial charge in [0, 0.05) is 31.3 Å². The number of aryl methyl sites for hydroxylation is 3. The van der Waals surface area contributed by atoms with Gasteiger partial charge in [0.05, 0.1) is 90.8 Å². The van der Waals surface area contributed by atoms with Gasteiger partial charge in [-0.15, -0.1) is 0 Å². The van der Waals surface area contributed by atoms with Crippen LogP contribution in [0, 0.1) is 20.8 Å². The molecule has 12 aromatic rings. The van der Waals surface area contributed by atoms with Crippen molar-refractivity contribution < 1.29 is 68.1 Å². The number of esters is 2. The second-order valence-corrected chi connectivity index (χ2v) is 22.6. The molecule has 0 bridgehead atoms. The number of methoxy groups -OCH3 is 5. The van der Waals surface area contributed by atoms with Gasteiger partial charge in [-0.3, -0.25) is 27.2 Å². The van der Waals surface area contributed by atoms with Crippen LogP contribution in [0.1, 0.15) is 65.9 Å². The molecule has 12 rings (SSSR count). The van der Waals surface area contributed by atoms with E-state index in [4.69, 9.17) is 50.6 Å². The molecule has 4 amide bonds. The lowest BCUT2D eigenvalue weighted by Gasteiger charge is -2.21. The minimum Gasteiger partial charge on any atom is -0.496 e. The standard InChI is InChI=1S/C26H23N3O5.C25H23N5O4.C16H15NO4.C10H9ClN2O.H4N2.H2/c1-17-13-22-21(23(14-17)32-2)15-27-25(28-22)29(20-11-9-19(10-12-20)24(30)33-3)26(31)34-16-18-7-5-4-6-8-18;1-16-12-21-20(22(13-16)33-2)14-27-24(28-21)30(19-10-8-18(9-11-19)23(31)29-26)25(32)34-15-17-6-4-3-5-7-17;1-20-15(18)13-7-9-14(10-8-13)17-16(19)21-11-12-5-3-2-4-6-12;1-6-3-8-7(9(4-6)14-2)5-12-10(11)13-8;1-2;/h4-15H,16H2,1-3H3;3-14H,15,26H2,1-2H3,(H,29,31);2-10H,11H2,1H3,(H,17,19);3-5H,1-2H3;1-2H2;1H. The highest BCUT2D eigenvalue weighted by Crippen LogP contribution is 2.33. The number of nitrogens with one attached hydrogen (secondary N) is 2. The van der Waals surface area contributed by atoms with Crippen molar-refractivity contribution in [2.45, 2.75) is 40.6 Å². The topological polar surface area (TPSA) is 362 Å². The molecule has 0 radical (unpaired) electrons. The fraction of sp³-hybridized carbons (Fsp3) is 0.143. The first-order valence-corrected chi connectivity index (χ1v) is 32.2. The van der Waals surface area contributed by atoms with Gasteiger partial charge < -0.3 is 37.9 Å². The predicted octanol–water partition coefficient (Wildman–Crippen LogP) is 14.1. The van der Waals surface area contributed by atoms with Crippen LogP contribution in [0.2, 0.25) is 5.28 Å². The Morgan fingerprint density at radius 2 is 0.781 bits per heavy atom. The number of halogens is 1. The maximum Gasteiger partial charge on any atom is 0.421 e. The molecule has 8 N–H and O–H groups in total. The third-order valence-corrected chi connectivity index (χ3v) is 15.2. The van der Waals surface area contributed by atoms with Crippen molar-refractivity contribution in [1.82, 2.24) is 35.3 Å². The molecule has 0 aliphatic carbocycles. The number of hydrogen-bond acceptors (Lipinski definition) is 23. The van der Waals surface area contributed by atoms with Crippen LogP contribution in [0.3, 0.4) is 0 Å². The Morgan fingerprint density at radius 1 is 0.438 bits per heavy atom. The van der Waals surface area contributed by atoms with Gasteiger partial charge in [-0.05, 0) is 175 Å². The molecule has 105 heavy (non-hydrogen) atoms. The van der Waals surface area contributed by atoms with Crippen LogP contribution in [0.15, 0.2) is 219 Å². The summed E-state index contributed by atoms with van der Waals surface area (Å²) in [6.45, 7) is 6.20. The Bertz CT molecular complexity index is 4740. The molecule has 540 valence electrons. The molecule has 0 saturated heterocycles. The van der Waals surface area contributed by atoms with E-state index >= 15 is 0 Å². The maximum absolute atomic E-state index is 13.2. The minimum absolute atomic E-state index is 0. The SMILES string of the molecule is COC(=O)c1ccc(N(C(=O)OCc2ccccc2)c2ncc3c(OC)cc(C)cc3n2)cc1.COC(=O)c1ccc(NC(=O)OCc2ccccc2)cc1.COc1cc(C)cc2nc(Cl)ncc12.COc1cc(C)cc2nc(N(C(=O)OCc3ccccc3)c3ccc(C(=O)NN)cc3)ncc12.NN.[HH]. The van der Waals surface area contributed by atoms with E-state index in [1.165, 1.54) is 24.0 Å². The summed E-state index contributed by atoms with van der Waals surface area (Å²) in [5.41, 5.74) is 12.2. The van der Waals surface area contributed by atoms with Crippen LogP contribution in [0.4, 0.5) is 43.3 Å². The lowest BCUT2D eigenvalue weighted by Crippen LogP contribution is -2.30. The summed E-state index contributed by atoms with van der Waals surface area (Å²) in [6.07, 6.45) is 3.00. The van der Waals surface area contributed by atoms with Gasteiger partial charge in [0.15, 0.2) is 0 Å². The van der Waals surface area contributed by atoms with Crippen LogP contribution in [0.5, 0.6) is 17.2 Å². The summed E-state index contributed by atoms with van der Waals surface area (Å²) >= 11 is 5.70. The van der Waals surface area contributed by atoms with Gasteiger partial charge in [-0.25, -0.2) is 69.5 Å². The molecule has 27 nitrogen and oxygen atoms in total. The number of nitrogens with zero attached hydrogens (tertiary/aromatic N) is 8. The Balaban J connectivity index is 0.000000204. The number of ether oxygens (including phenoxy) is 8.